The van der Waals surface area contributed by atoms with E-state index in [1.807, 2.05) is 0 Å². The summed E-state index contributed by atoms with van der Waals surface area (Å²) in [7, 11) is 0. The normalized spacial score (nSPS) is 14.4. The molecule has 0 amide bonds. The molecule has 0 aromatic carbocycles. The van der Waals surface area contributed by atoms with Crippen molar-refractivity contribution in [1.29, 1.82) is 0 Å². The van der Waals surface area contributed by atoms with E-state index in [4.69, 9.17) is 0 Å². The lowest BCUT2D eigenvalue weighted by molar-refractivity contribution is 0.282. The van der Waals surface area contributed by atoms with Crippen LogP contribution >= 0.6 is 0 Å². The highest BCUT2D eigenvalue weighted by atomic mass is 19.1. The van der Waals surface area contributed by atoms with Crippen molar-refractivity contribution in [3.63, 3.8) is 0 Å². The van der Waals surface area contributed by atoms with E-state index in [9.17, 15) is 8.78 Å². The Kier molecular flexibility index (Phi) is 2.13. The largest absolute Gasteiger partial charge is 0.240 e. The highest BCUT2D eigenvalue weighted by Gasteiger charge is 2.10. The van der Waals surface area contributed by atoms with E-state index in [0.717, 1.165) is 6.08 Å². The highest BCUT2D eigenvalue weighted by Crippen LogP contribution is 2.12. The molecule has 0 heterocycles. The SMILES string of the molecule is C/C(F)=C\C(C)(C)F. The number of halogens is 2. The van der Waals surface area contributed by atoms with Gasteiger partial charge >= 0.3 is 0 Å². The molecule has 0 nitrogen and oxygen atoms in total. The lowest BCUT2D eigenvalue weighted by atomic mass is 10.1. The minimum absolute atomic E-state index is 0.475. The van der Waals surface area contributed by atoms with Gasteiger partial charge in [0, 0.05) is 0 Å². The van der Waals surface area contributed by atoms with Gasteiger partial charge in [0.15, 0.2) is 0 Å². The summed E-state index contributed by atoms with van der Waals surface area (Å²) in [5.74, 6) is -0.475. The summed E-state index contributed by atoms with van der Waals surface area (Å²) in [6.07, 6.45) is 0.938. The Balaban J connectivity index is 3.89. The summed E-state index contributed by atoms with van der Waals surface area (Å²) in [5.41, 5.74) is -1.52. The van der Waals surface area contributed by atoms with Crippen molar-refractivity contribution in [1.82, 2.24) is 0 Å². The highest BCUT2D eigenvalue weighted by molar-refractivity contribution is 4.98. The first kappa shape index (κ1) is 7.60. The maximum atomic E-state index is 12.3. The first-order valence-corrected chi connectivity index (χ1v) is 2.46. The number of rotatable bonds is 1. The standard InChI is InChI=1S/C6H10F2/c1-5(7)4-6(2,3)8/h4H,1-3H3/b5-4+. The van der Waals surface area contributed by atoms with Crippen LogP contribution in [-0.4, -0.2) is 5.67 Å². The van der Waals surface area contributed by atoms with Gasteiger partial charge in [0.2, 0.25) is 0 Å². The third kappa shape index (κ3) is 5.60. The molecule has 0 N–H and O–H groups in total. The smallest absolute Gasteiger partial charge is 0.126 e. The second kappa shape index (κ2) is 2.25. The van der Waals surface area contributed by atoms with Crippen LogP contribution in [0, 0.1) is 0 Å². The average molecular weight is 120 g/mol. The van der Waals surface area contributed by atoms with Gasteiger partial charge < -0.3 is 0 Å². The van der Waals surface area contributed by atoms with Crippen molar-refractivity contribution in [2.75, 3.05) is 0 Å². The lowest BCUT2D eigenvalue weighted by Gasteiger charge is -2.05. The van der Waals surface area contributed by atoms with Crippen LogP contribution in [0.3, 0.4) is 0 Å². The number of allylic oxidation sites excluding steroid dienone is 2. The van der Waals surface area contributed by atoms with Crippen LogP contribution in [-0.2, 0) is 0 Å². The van der Waals surface area contributed by atoms with Gasteiger partial charge in [-0.1, -0.05) is 0 Å². The number of hydrogen-bond acceptors (Lipinski definition) is 0. The Bertz CT molecular complexity index is 93.6. The molecule has 0 aromatic heterocycles. The Labute approximate surface area is 48.2 Å². The molecular formula is C6H10F2. The van der Waals surface area contributed by atoms with Crippen LogP contribution in [0.15, 0.2) is 11.9 Å². The van der Waals surface area contributed by atoms with E-state index in [0.29, 0.717) is 0 Å². The molecule has 0 saturated heterocycles. The van der Waals surface area contributed by atoms with E-state index < -0.39 is 11.5 Å². The number of alkyl halides is 1. The molecular weight excluding hydrogens is 110 g/mol. The maximum Gasteiger partial charge on any atom is 0.126 e. The van der Waals surface area contributed by atoms with E-state index in [1.165, 1.54) is 20.8 Å². The van der Waals surface area contributed by atoms with Crippen molar-refractivity contribution >= 4 is 0 Å². The van der Waals surface area contributed by atoms with Crippen LogP contribution in [0.25, 0.3) is 0 Å². The molecule has 0 rings (SSSR count). The molecule has 0 spiro atoms. The molecule has 0 saturated carbocycles. The molecule has 0 unspecified atom stereocenters. The molecule has 2 heteroatoms. The van der Waals surface area contributed by atoms with Crippen molar-refractivity contribution in [3.05, 3.63) is 11.9 Å². The molecule has 0 aromatic rings. The van der Waals surface area contributed by atoms with Gasteiger partial charge in [-0.2, -0.15) is 0 Å². The molecule has 0 bridgehead atoms. The Morgan fingerprint density at radius 1 is 1.50 bits per heavy atom. The van der Waals surface area contributed by atoms with Crippen molar-refractivity contribution in [2.45, 2.75) is 26.4 Å². The zero-order valence-electron chi connectivity index (χ0n) is 5.33. The van der Waals surface area contributed by atoms with Gasteiger partial charge in [-0.25, -0.2) is 8.78 Å². The van der Waals surface area contributed by atoms with Gasteiger partial charge in [-0.3, -0.25) is 0 Å². The van der Waals surface area contributed by atoms with E-state index >= 15 is 0 Å². The van der Waals surface area contributed by atoms with E-state index in [1.54, 1.807) is 0 Å². The average Bonchev–Trinajstić information content (AvgIpc) is 1.21. The fourth-order valence-corrected chi connectivity index (χ4v) is 0.473. The lowest BCUT2D eigenvalue weighted by Crippen LogP contribution is -2.06. The number of hydrogen-bond donors (Lipinski definition) is 0. The molecule has 0 aliphatic rings. The van der Waals surface area contributed by atoms with Gasteiger partial charge in [0.25, 0.3) is 0 Å². The Morgan fingerprint density at radius 3 is 1.88 bits per heavy atom. The monoisotopic (exact) mass is 120 g/mol. The van der Waals surface area contributed by atoms with Crippen LogP contribution in [0.4, 0.5) is 8.78 Å². The fraction of sp³-hybridized carbons (Fsp3) is 0.667. The molecule has 8 heavy (non-hydrogen) atoms. The minimum atomic E-state index is -1.52. The van der Waals surface area contributed by atoms with Crippen LogP contribution < -0.4 is 0 Å². The first-order chi connectivity index (χ1) is 3.42. The minimum Gasteiger partial charge on any atom is -0.240 e. The van der Waals surface area contributed by atoms with Gasteiger partial charge in [-0.15, -0.1) is 0 Å². The zero-order valence-corrected chi connectivity index (χ0v) is 5.33. The molecule has 0 aliphatic carbocycles. The quantitative estimate of drug-likeness (QED) is 0.499. The van der Waals surface area contributed by atoms with Gasteiger partial charge in [-0.05, 0) is 26.8 Å². The predicted molar refractivity (Wildman–Crippen MR) is 30.1 cm³/mol. The molecule has 0 aliphatic heterocycles. The third-order valence-electron chi connectivity index (χ3n) is 0.542. The summed E-state index contributed by atoms with van der Waals surface area (Å²) in [6, 6.07) is 0. The van der Waals surface area contributed by atoms with E-state index in [2.05, 4.69) is 0 Å². The second-order valence-electron chi connectivity index (χ2n) is 2.30. The second-order valence-corrected chi connectivity index (χ2v) is 2.30. The van der Waals surface area contributed by atoms with Crippen LogP contribution in [0.2, 0.25) is 0 Å². The molecule has 48 valence electrons. The first-order valence-electron chi connectivity index (χ1n) is 2.46. The molecule has 0 radical (unpaired) electrons. The Hall–Kier alpha value is -0.400. The van der Waals surface area contributed by atoms with Gasteiger partial charge in [0.1, 0.15) is 5.67 Å². The topological polar surface area (TPSA) is 0 Å². The van der Waals surface area contributed by atoms with Crippen LogP contribution in [0.5, 0.6) is 0 Å². The van der Waals surface area contributed by atoms with E-state index in [-0.39, 0.29) is 0 Å². The zero-order chi connectivity index (χ0) is 6.78. The summed E-state index contributed by atoms with van der Waals surface area (Å²) in [4.78, 5) is 0. The predicted octanol–water partition coefficient (Wildman–Crippen LogP) is 2.61. The summed E-state index contributed by atoms with van der Waals surface area (Å²) in [5, 5.41) is 0. The summed E-state index contributed by atoms with van der Waals surface area (Å²) < 4.78 is 24.1. The fourth-order valence-electron chi connectivity index (χ4n) is 0.473. The van der Waals surface area contributed by atoms with Crippen molar-refractivity contribution in [3.8, 4) is 0 Å². The van der Waals surface area contributed by atoms with Crippen molar-refractivity contribution < 1.29 is 8.78 Å². The molecule has 0 fully saturated rings. The Morgan fingerprint density at radius 2 is 1.88 bits per heavy atom. The summed E-state index contributed by atoms with van der Waals surface area (Å²) in [6.45, 7) is 3.83. The summed E-state index contributed by atoms with van der Waals surface area (Å²) >= 11 is 0. The maximum absolute atomic E-state index is 12.3. The van der Waals surface area contributed by atoms with Crippen molar-refractivity contribution in [2.24, 2.45) is 0 Å². The third-order valence-corrected chi connectivity index (χ3v) is 0.542. The van der Waals surface area contributed by atoms with Gasteiger partial charge in [0.05, 0.1) is 5.83 Å². The van der Waals surface area contributed by atoms with Crippen LogP contribution in [0.1, 0.15) is 20.8 Å². The molecule has 0 atom stereocenters.